The zero-order chi connectivity index (χ0) is 12.0. The van der Waals surface area contributed by atoms with E-state index in [2.05, 4.69) is 0 Å². The molecule has 0 aliphatic carbocycles. The Balaban J connectivity index is 2.83. The highest BCUT2D eigenvalue weighted by Crippen LogP contribution is 2.12. The average Bonchev–Trinajstić information content (AvgIpc) is 2.30. The van der Waals surface area contributed by atoms with Crippen molar-refractivity contribution in [2.75, 3.05) is 19.7 Å². The molecule has 86 valence electrons. The summed E-state index contributed by atoms with van der Waals surface area (Å²) in [5.74, 6) is -0.398. The molecule has 1 rings (SSSR count). The molecule has 0 amide bonds. The van der Waals surface area contributed by atoms with Gasteiger partial charge in [0.15, 0.2) is 0 Å². The second kappa shape index (κ2) is 6.21. The van der Waals surface area contributed by atoms with E-state index in [1.807, 2.05) is 17.9 Å². The molecule has 3 nitrogen and oxygen atoms in total. The van der Waals surface area contributed by atoms with Gasteiger partial charge < -0.3 is 5.11 Å². The molecule has 0 aliphatic rings. The highest BCUT2D eigenvalue weighted by Gasteiger charge is 2.08. The van der Waals surface area contributed by atoms with Crippen molar-refractivity contribution in [3.8, 4) is 6.07 Å². The maximum atomic E-state index is 12.9. The van der Waals surface area contributed by atoms with E-state index in [-0.39, 0.29) is 6.61 Å². The van der Waals surface area contributed by atoms with Gasteiger partial charge in [-0.2, -0.15) is 5.26 Å². The third-order valence-electron chi connectivity index (χ3n) is 2.45. The molecule has 0 spiro atoms. The van der Waals surface area contributed by atoms with Crippen LogP contribution in [0.1, 0.15) is 18.1 Å². The number of rotatable bonds is 5. The number of benzene rings is 1. The van der Waals surface area contributed by atoms with Gasteiger partial charge in [0.25, 0.3) is 0 Å². The van der Waals surface area contributed by atoms with Crippen molar-refractivity contribution in [1.29, 1.82) is 5.26 Å². The molecule has 1 N–H and O–H groups in total. The highest BCUT2D eigenvalue weighted by atomic mass is 19.1. The van der Waals surface area contributed by atoms with Crippen molar-refractivity contribution in [3.05, 3.63) is 35.1 Å². The summed E-state index contributed by atoms with van der Waals surface area (Å²) >= 11 is 0. The monoisotopic (exact) mass is 222 g/mol. The Morgan fingerprint density at radius 1 is 1.50 bits per heavy atom. The Morgan fingerprint density at radius 2 is 2.25 bits per heavy atom. The first-order chi connectivity index (χ1) is 7.71. The molecule has 4 heteroatoms. The Labute approximate surface area is 94.7 Å². The zero-order valence-electron chi connectivity index (χ0n) is 9.28. The normalized spacial score (nSPS) is 10.4. The van der Waals surface area contributed by atoms with Crippen LogP contribution in [-0.4, -0.2) is 29.7 Å². The molecule has 16 heavy (non-hydrogen) atoms. The Bertz CT molecular complexity index is 387. The third-order valence-corrected chi connectivity index (χ3v) is 2.45. The molecule has 0 aromatic heterocycles. The minimum atomic E-state index is -0.398. The minimum Gasteiger partial charge on any atom is -0.395 e. The van der Waals surface area contributed by atoms with Gasteiger partial charge in [0, 0.05) is 13.1 Å². The lowest BCUT2D eigenvalue weighted by molar-refractivity contribution is 0.196. The first-order valence-electron chi connectivity index (χ1n) is 5.23. The molecule has 0 unspecified atom stereocenters. The third kappa shape index (κ3) is 3.30. The molecule has 0 atom stereocenters. The van der Waals surface area contributed by atoms with Crippen LogP contribution in [-0.2, 0) is 6.54 Å². The van der Waals surface area contributed by atoms with E-state index >= 15 is 0 Å². The Morgan fingerprint density at radius 3 is 2.81 bits per heavy atom. The summed E-state index contributed by atoms with van der Waals surface area (Å²) in [5.41, 5.74) is 1.15. The number of aliphatic hydroxyl groups is 1. The number of nitriles is 1. The summed E-state index contributed by atoms with van der Waals surface area (Å²) in [5, 5.41) is 17.7. The number of aliphatic hydroxyl groups excluding tert-OH is 1. The smallest absolute Gasteiger partial charge is 0.124 e. The summed E-state index contributed by atoms with van der Waals surface area (Å²) in [6.07, 6.45) is 0. The average molecular weight is 222 g/mol. The van der Waals surface area contributed by atoms with Crippen molar-refractivity contribution in [2.24, 2.45) is 0 Å². The molecule has 0 aliphatic heterocycles. The molecule has 0 fully saturated rings. The van der Waals surface area contributed by atoms with Crippen molar-refractivity contribution in [3.63, 3.8) is 0 Å². The van der Waals surface area contributed by atoms with E-state index in [0.29, 0.717) is 18.7 Å². The lowest BCUT2D eigenvalue weighted by Gasteiger charge is -2.19. The van der Waals surface area contributed by atoms with Crippen LogP contribution in [0.4, 0.5) is 4.39 Å². The van der Waals surface area contributed by atoms with Gasteiger partial charge in [0.1, 0.15) is 5.82 Å². The molecule has 0 heterocycles. The summed E-state index contributed by atoms with van der Waals surface area (Å²) in [7, 11) is 0. The van der Waals surface area contributed by atoms with Crippen LogP contribution >= 0.6 is 0 Å². The second-order valence-electron chi connectivity index (χ2n) is 3.51. The molecule has 0 saturated carbocycles. The number of hydrogen-bond acceptors (Lipinski definition) is 3. The van der Waals surface area contributed by atoms with Gasteiger partial charge in [0.05, 0.1) is 18.2 Å². The van der Waals surface area contributed by atoms with Crippen LogP contribution in [0.15, 0.2) is 18.2 Å². The van der Waals surface area contributed by atoms with Gasteiger partial charge >= 0.3 is 0 Å². The maximum Gasteiger partial charge on any atom is 0.124 e. The van der Waals surface area contributed by atoms with Crippen molar-refractivity contribution in [2.45, 2.75) is 13.5 Å². The summed E-state index contributed by atoms with van der Waals surface area (Å²) in [6.45, 7) is 3.95. The molecule has 1 aromatic rings. The zero-order valence-corrected chi connectivity index (χ0v) is 9.28. The van der Waals surface area contributed by atoms with Crippen molar-refractivity contribution in [1.82, 2.24) is 4.90 Å². The van der Waals surface area contributed by atoms with Gasteiger partial charge in [-0.05, 0) is 24.2 Å². The Kier molecular flexibility index (Phi) is 4.90. The van der Waals surface area contributed by atoms with E-state index < -0.39 is 5.82 Å². The fourth-order valence-electron chi connectivity index (χ4n) is 1.52. The van der Waals surface area contributed by atoms with E-state index in [0.717, 1.165) is 12.1 Å². The quantitative estimate of drug-likeness (QED) is 0.821. The minimum absolute atomic E-state index is 0.0803. The lowest BCUT2D eigenvalue weighted by atomic mass is 10.1. The summed E-state index contributed by atoms with van der Waals surface area (Å²) < 4.78 is 12.9. The Hall–Kier alpha value is -1.44. The lowest BCUT2D eigenvalue weighted by Crippen LogP contribution is -2.26. The molecule has 0 radical (unpaired) electrons. The molecular weight excluding hydrogens is 207 g/mol. The molecule has 0 saturated heterocycles. The van der Waals surface area contributed by atoms with Gasteiger partial charge in [-0.15, -0.1) is 0 Å². The van der Waals surface area contributed by atoms with E-state index in [1.54, 1.807) is 6.07 Å². The van der Waals surface area contributed by atoms with Crippen molar-refractivity contribution < 1.29 is 9.50 Å². The number of nitrogens with zero attached hydrogens (tertiary/aromatic N) is 2. The van der Waals surface area contributed by atoms with Gasteiger partial charge in [-0.1, -0.05) is 13.0 Å². The van der Waals surface area contributed by atoms with Crippen LogP contribution in [0.2, 0.25) is 0 Å². The molecule has 1 aromatic carbocycles. The maximum absolute atomic E-state index is 12.9. The van der Waals surface area contributed by atoms with Crippen LogP contribution < -0.4 is 0 Å². The number of hydrogen-bond donors (Lipinski definition) is 1. The largest absolute Gasteiger partial charge is 0.395 e. The fraction of sp³-hybridized carbons (Fsp3) is 0.417. The second-order valence-corrected chi connectivity index (χ2v) is 3.51. The molecular formula is C12H15FN2O. The van der Waals surface area contributed by atoms with Crippen LogP contribution in [0.25, 0.3) is 0 Å². The first kappa shape index (κ1) is 12.6. The van der Waals surface area contributed by atoms with Gasteiger partial charge in [-0.3, -0.25) is 4.90 Å². The SMILES string of the molecule is CCN(CCO)Cc1ccc(F)cc1C#N. The van der Waals surface area contributed by atoms with Crippen molar-refractivity contribution >= 4 is 0 Å². The predicted molar refractivity (Wildman–Crippen MR) is 59.2 cm³/mol. The summed E-state index contributed by atoms with van der Waals surface area (Å²) in [6, 6.07) is 6.19. The van der Waals surface area contributed by atoms with Crippen LogP contribution in [0, 0.1) is 17.1 Å². The van der Waals surface area contributed by atoms with E-state index in [4.69, 9.17) is 10.4 Å². The standard InChI is InChI=1S/C12H15FN2O/c1-2-15(5-6-16)9-10-3-4-12(13)7-11(10)8-14/h3-4,7,16H,2,5-6,9H2,1H3. The number of likely N-dealkylation sites (N-methyl/N-ethyl adjacent to an activating group) is 1. The first-order valence-corrected chi connectivity index (χ1v) is 5.23. The molecule has 0 bridgehead atoms. The highest BCUT2D eigenvalue weighted by molar-refractivity contribution is 5.37. The summed E-state index contributed by atoms with van der Waals surface area (Å²) in [4.78, 5) is 1.99. The van der Waals surface area contributed by atoms with E-state index in [1.165, 1.54) is 12.1 Å². The van der Waals surface area contributed by atoms with Crippen LogP contribution in [0.5, 0.6) is 0 Å². The fourth-order valence-corrected chi connectivity index (χ4v) is 1.52. The van der Waals surface area contributed by atoms with E-state index in [9.17, 15) is 4.39 Å². The number of halogens is 1. The predicted octanol–water partition coefficient (Wildman–Crippen LogP) is 1.51. The van der Waals surface area contributed by atoms with Gasteiger partial charge in [-0.25, -0.2) is 4.39 Å². The van der Waals surface area contributed by atoms with Gasteiger partial charge in [0.2, 0.25) is 0 Å². The topological polar surface area (TPSA) is 47.3 Å². The van der Waals surface area contributed by atoms with Crippen LogP contribution in [0.3, 0.4) is 0 Å².